The number of amides is 1. The molecule has 19 heavy (non-hydrogen) atoms. The summed E-state index contributed by atoms with van der Waals surface area (Å²) in [5.41, 5.74) is 6.34. The number of rotatable bonds is 3. The van der Waals surface area contributed by atoms with E-state index in [4.69, 9.17) is 10.9 Å². The zero-order valence-corrected chi connectivity index (χ0v) is 10.2. The van der Waals surface area contributed by atoms with E-state index in [2.05, 4.69) is 15.6 Å². The Balaban J connectivity index is 2.19. The number of anilines is 1. The average molecular weight is 259 g/mol. The molecular formula is C12H13N5O2. The van der Waals surface area contributed by atoms with Crippen molar-refractivity contribution in [3.8, 4) is 0 Å². The highest BCUT2D eigenvalue weighted by atomic mass is 16.4. The van der Waals surface area contributed by atoms with Gasteiger partial charge in [-0.15, -0.1) is 0 Å². The van der Waals surface area contributed by atoms with Crippen LogP contribution in [0.1, 0.15) is 15.9 Å². The largest absolute Gasteiger partial charge is 0.409 e. The molecule has 0 radical (unpaired) electrons. The number of aryl methyl sites for hydroxylation is 1. The first-order valence-electron chi connectivity index (χ1n) is 5.49. The van der Waals surface area contributed by atoms with E-state index in [0.29, 0.717) is 16.9 Å². The molecule has 98 valence electrons. The number of hydrogen-bond acceptors (Lipinski definition) is 4. The first-order valence-corrected chi connectivity index (χ1v) is 5.49. The van der Waals surface area contributed by atoms with E-state index >= 15 is 0 Å². The van der Waals surface area contributed by atoms with Crippen LogP contribution in [0.2, 0.25) is 0 Å². The van der Waals surface area contributed by atoms with E-state index in [1.165, 1.54) is 6.07 Å². The molecule has 7 heteroatoms. The average Bonchev–Trinajstić information content (AvgIpc) is 2.83. The highest BCUT2D eigenvalue weighted by Crippen LogP contribution is 2.08. The molecule has 0 saturated carbocycles. The molecule has 0 aliphatic heterocycles. The molecule has 0 aliphatic carbocycles. The quantitative estimate of drug-likeness (QED) is 0.327. The fraction of sp³-hybridized carbons (Fsp3) is 0.0833. The van der Waals surface area contributed by atoms with Crippen molar-refractivity contribution in [3.05, 3.63) is 47.7 Å². The van der Waals surface area contributed by atoms with Crippen molar-refractivity contribution < 1.29 is 10.0 Å². The van der Waals surface area contributed by atoms with Crippen LogP contribution in [0.5, 0.6) is 0 Å². The second-order valence-electron chi connectivity index (χ2n) is 3.89. The molecule has 1 heterocycles. The smallest absolute Gasteiger partial charge is 0.256 e. The van der Waals surface area contributed by atoms with Crippen LogP contribution in [0, 0.1) is 0 Å². The molecule has 1 aromatic heterocycles. The lowest BCUT2D eigenvalue weighted by Gasteiger charge is -2.04. The SMILES string of the molecule is Cn1ccc(NC(=O)c2cccc(/C(N)=N/O)c2)n1. The van der Waals surface area contributed by atoms with Gasteiger partial charge in [0.1, 0.15) is 0 Å². The van der Waals surface area contributed by atoms with E-state index in [1.807, 2.05) is 0 Å². The summed E-state index contributed by atoms with van der Waals surface area (Å²) in [4.78, 5) is 12.0. The van der Waals surface area contributed by atoms with Gasteiger partial charge in [-0.05, 0) is 12.1 Å². The Morgan fingerprint density at radius 1 is 1.42 bits per heavy atom. The Hall–Kier alpha value is -2.83. The normalized spacial score (nSPS) is 11.3. The number of carbonyl (C=O) groups excluding carboxylic acids is 1. The Kier molecular flexibility index (Phi) is 3.46. The molecule has 0 aliphatic rings. The molecule has 4 N–H and O–H groups in total. The zero-order valence-electron chi connectivity index (χ0n) is 10.2. The number of aromatic nitrogens is 2. The summed E-state index contributed by atoms with van der Waals surface area (Å²) in [6.07, 6.45) is 1.72. The monoisotopic (exact) mass is 259 g/mol. The summed E-state index contributed by atoms with van der Waals surface area (Å²) < 4.78 is 1.59. The van der Waals surface area contributed by atoms with Crippen molar-refractivity contribution in [1.29, 1.82) is 0 Å². The van der Waals surface area contributed by atoms with Gasteiger partial charge in [0.05, 0.1) is 0 Å². The maximum absolute atomic E-state index is 12.0. The standard InChI is InChI=1S/C12H13N5O2/c1-17-6-5-10(15-17)14-12(18)9-4-2-3-8(7-9)11(13)16-19/h2-7,19H,1H3,(H2,13,16)(H,14,15,18). The maximum Gasteiger partial charge on any atom is 0.256 e. The van der Waals surface area contributed by atoms with Gasteiger partial charge < -0.3 is 16.3 Å². The minimum Gasteiger partial charge on any atom is -0.409 e. The third-order valence-electron chi connectivity index (χ3n) is 2.48. The number of oxime groups is 1. The van der Waals surface area contributed by atoms with Crippen LogP contribution in [0.3, 0.4) is 0 Å². The number of nitrogens with one attached hydrogen (secondary N) is 1. The summed E-state index contributed by atoms with van der Waals surface area (Å²) >= 11 is 0. The topological polar surface area (TPSA) is 106 Å². The molecule has 0 fully saturated rings. The number of carbonyl (C=O) groups is 1. The van der Waals surface area contributed by atoms with Crippen molar-refractivity contribution in [1.82, 2.24) is 9.78 Å². The maximum atomic E-state index is 12.0. The lowest BCUT2D eigenvalue weighted by atomic mass is 10.1. The fourth-order valence-corrected chi connectivity index (χ4v) is 1.55. The predicted molar refractivity (Wildman–Crippen MR) is 70.1 cm³/mol. The van der Waals surface area contributed by atoms with E-state index in [1.54, 1.807) is 42.2 Å². The van der Waals surface area contributed by atoms with E-state index in [-0.39, 0.29) is 11.7 Å². The molecule has 2 aromatic rings. The minimum atomic E-state index is -0.314. The van der Waals surface area contributed by atoms with Crippen molar-refractivity contribution in [3.63, 3.8) is 0 Å². The van der Waals surface area contributed by atoms with Crippen molar-refractivity contribution in [2.24, 2.45) is 17.9 Å². The fourth-order valence-electron chi connectivity index (χ4n) is 1.55. The molecule has 2 rings (SSSR count). The highest BCUT2D eigenvalue weighted by Gasteiger charge is 2.09. The van der Waals surface area contributed by atoms with Gasteiger partial charge in [-0.2, -0.15) is 5.10 Å². The third-order valence-corrected chi connectivity index (χ3v) is 2.48. The Morgan fingerprint density at radius 3 is 2.79 bits per heavy atom. The second kappa shape index (κ2) is 5.21. The Morgan fingerprint density at radius 2 is 2.16 bits per heavy atom. The Labute approximate surface area is 109 Å². The summed E-state index contributed by atoms with van der Waals surface area (Å²) in [5.74, 6) is 0.0977. The lowest BCUT2D eigenvalue weighted by molar-refractivity contribution is 0.102. The Bertz CT molecular complexity index is 633. The van der Waals surface area contributed by atoms with Crippen molar-refractivity contribution >= 4 is 17.6 Å². The van der Waals surface area contributed by atoms with Crippen LogP contribution < -0.4 is 11.1 Å². The van der Waals surface area contributed by atoms with Gasteiger partial charge in [0.15, 0.2) is 11.7 Å². The van der Waals surface area contributed by atoms with Crippen LogP contribution in [0.25, 0.3) is 0 Å². The summed E-state index contributed by atoms with van der Waals surface area (Å²) in [6.45, 7) is 0. The van der Waals surface area contributed by atoms with Gasteiger partial charge in [0.25, 0.3) is 5.91 Å². The lowest BCUT2D eigenvalue weighted by Crippen LogP contribution is -2.16. The highest BCUT2D eigenvalue weighted by molar-refractivity contribution is 6.06. The molecule has 0 spiro atoms. The first kappa shape index (κ1) is 12.6. The van der Waals surface area contributed by atoms with Gasteiger partial charge >= 0.3 is 0 Å². The van der Waals surface area contributed by atoms with E-state index in [0.717, 1.165) is 0 Å². The van der Waals surface area contributed by atoms with Crippen molar-refractivity contribution in [2.75, 3.05) is 5.32 Å². The van der Waals surface area contributed by atoms with E-state index < -0.39 is 0 Å². The number of nitrogens with two attached hydrogens (primary N) is 1. The molecule has 7 nitrogen and oxygen atoms in total. The molecule has 1 aromatic carbocycles. The van der Waals surface area contributed by atoms with Gasteiger partial charge in [-0.1, -0.05) is 17.3 Å². The second-order valence-corrected chi connectivity index (χ2v) is 3.89. The van der Waals surface area contributed by atoms with Crippen LogP contribution >= 0.6 is 0 Å². The predicted octanol–water partition coefficient (Wildman–Crippen LogP) is 0.767. The molecule has 0 atom stereocenters. The van der Waals surface area contributed by atoms with Crippen molar-refractivity contribution in [2.45, 2.75) is 0 Å². The molecule has 0 unspecified atom stereocenters. The minimum absolute atomic E-state index is 0.0486. The zero-order chi connectivity index (χ0) is 13.8. The summed E-state index contributed by atoms with van der Waals surface area (Å²) in [5, 5.41) is 18.2. The number of nitrogens with zero attached hydrogens (tertiary/aromatic N) is 3. The van der Waals surface area contributed by atoms with Gasteiger partial charge in [-0.25, -0.2) is 0 Å². The van der Waals surface area contributed by atoms with Gasteiger partial charge in [0.2, 0.25) is 0 Å². The number of hydrogen-bond donors (Lipinski definition) is 3. The summed E-state index contributed by atoms with van der Waals surface area (Å²) in [7, 11) is 1.76. The third kappa shape index (κ3) is 2.89. The van der Waals surface area contributed by atoms with E-state index in [9.17, 15) is 4.79 Å². The molecule has 0 bridgehead atoms. The first-order chi connectivity index (χ1) is 9.10. The molecule has 0 saturated heterocycles. The van der Waals surface area contributed by atoms with Gasteiger partial charge in [-0.3, -0.25) is 9.48 Å². The molecule has 1 amide bonds. The van der Waals surface area contributed by atoms with Crippen LogP contribution in [0.4, 0.5) is 5.82 Å². The van der Waals surface area contributed by atoms with Crippen LogP contribution in [-0.4, -0.2) is 26.7 Å². The van der Waals surface area contributed by atoms with Crippen LogP contribution in [0.15, 0.2) is 41.7 Å². The number of amidine groups is 1. The summed E-state index contributed by atoms with van der Waals surface area (Å²) in [6, 6.07) is 8.15. The van der Waals surface area contributed by atoms with Gasteiger partial charge in [0, 0.05) is 30.4 Å². The molecular weight excluding hydrogens is 246 g/mol. The number of benzene rings is 1. The van der Waals surface area contributed by atoms with Crippen LogP contribution in [-0.2, 0) is 7.05 Å².